The Bertz CT molecular complexity index is 381. The monoisotopic (exact) mass is 299 g/mol. The summed E-state index contributed by atoms with van der Waals surface area (Å²) in [6.45, 7) is 5.49. The SMILES string of the molecule is CC(C)(C)OC(=O)[C@@H](N)Cc1ccc(Br)cc1. The van der Waals surface area contributed by atoms with Gasteiger partial charge in [0.2, 0.25) is 0 Å². The highest BCUT2D eigenvalue weighted by Gasteiger charge is 2.22. The molecule has 0 aliphatic rings. The summed E-state index contributed by atoms with van der Waals surface area (Å²) in [5.74, 6) is -0.361. The molecule has 1 aromatic rings. The number of carbonyl (C=O) groups is 1. The summed E-state index contributed by atoms with van der Waals surface area (Å²) in [4.78, 5) is 11.7. The molecule has 4 heteroatoms. The van der Waals surface area contributed by atoms with E-state index in [4.69, 9.17) is 10.5 Å². The average molecular weight is 300 g/mol. The van der Waals surface area contributed by atoms with Crippen LogP contribution in [0, 0.1) is 0 Å². The average Bonchev–Trinajstić information content (AvgIpc) is 2.19. The summed E-state index contributed by atoms with van der Waals surface area (Å²) in [5, 5.41) is 0. The Labute approximate surface area is 110 Å². The normalized spacial score (nSPS) is 13.2. The summed E-state index contributed by atoms with van der Waals surface area (Å²) in [6, 6.07) is 7.12. The first-order chi connectivity index (χ1) is 7.78. The van der Waals surface area contributed by atoms with Gasteiger partial charge in [-0.1, -0.05) is 28.1 Å². The molecule has 0 amide bonds. The zero-order valence-electron chi connectivity index (χ0n) is 10.4. The van der Waals surface area contributed by atoms with Crippen molar-refractivity contribution in [1.82, 2.24) is 0 Å². The van der Waals surface area contributed by atoms with Crippen LogP contribution in [0.4, 0.5) is 0 Å². The molecule has 0 heterocycles. The molecule has 0 unspecified atom stereocenters. The molecule has 0 aliphatic carbocycles. The molecule has 0 spiro atoms. The Morgan fingerprint density at radius 3 is 2.35 bits per heavy atom. The van der Waals surface area contributed by atoms with Crippen molar-refractivity contribution in [3.8, 4) is 0 Å². The van der Waals surface area contributed by atoms with Crippen LogP contribution >= 0.6 is 15.9 Å². The van der Waals surface area contributed by atoms with Crippen LogP contribution in [0.5, 0.6) is 0 Å². The lowest BCUT2D eigenvalue weighted by atomic mass is 10.1. The summed E-state index contributed by atoms with van der Waals surface area (Å²) >= 11 is 3.36. The van der Waals surface area contributed by atoms with E-state index < -0.39 is 11.6 Å². The van der Waals surface area contributed by atoms with Gasteiger partial charge < -0.3 is 10.5 Å². The van der Waals surface area contributed by atoms with E-state index >= 15 is 0 Å². The van der Waals surface area contributed by atoms with Crippen LogP contribution in [-0.4, -0.2) is 17.6 Å². The first kappa shape index (κ1) is 14.2. The van der Waals surface area contributed by atoms with Gasteiger partial charge in [-0.25, -0.2) is 0 Å². The highest BCUT2D eigenvalue weighted by molar-refractivity contribution is 9.10. The van der Waals surface area contributed by atoms with Crippen LogP contribution in [0.25, 0.3) is 0 Å². The Balaban J connectivity index is 2.57. The van der Waals surface area contributed by atoms with Crippen LogP contribution in [0.2, 0.25) is 0 Å². The Morgan fingerprint density at radius 1 is 1.35 bits per heavy atom. The van der Waals surface area contributed by atoms with Gasteiger partial charge in [0.15, 0.2) is 0 Å². The van der Waals surface area contributed by atoms with Crippen molar-refractivity contribution < 1.29 is 9.53 Å². The van der Waals surface area contributed by atoms with E-state index in [1.165, 1.54) is 0 Å². The minimum Gasteiger partial charge on any atom is -0.459 e. The number of rotatable bonds is 3. The third-order valence-electron chi connectivity index (χ3n) is 2.08. The van der Waals surface area contributed by atoms with Gasteiger partial charge in [-0.15, -0.1) is 0 Å². The zero-order chi connectivity index (χ0) is 13.1. The first-order valence-electron chi connectivity index (χ1n) is 5.51. The number of hydrogen-bond donors (Lipinski definition) is 1. The summed E-state index contributed by atoms with van der Waals surface area (Å²) in [5.41, 5.74) is 6.34. The molecular weight excluding hydrogens is 282 g/mol. The summed E-state index contributed by atoms with van der Waals surface area (Å²) in [7, 11) is 0. The van der Waals surface area contributed by atoms with Crippen molar-refractivity contribution in [2.24, 2.45) is 5.73 Å². The fourth-order valence-electron chi connectivity index (χ4n) is 1.34. The third-order valence-corrected chi connectivity index (χ3v) is 2.61. The van der Waals surface area contributed by atoms with Gasteiger partial charge in [0, 0.05) is 4.47 Å². The number of benzene rings is 1. The smallest absolute Gasteiger partial charge is 0.323 e. The van der Waals surface area contributed by atoms with E-state index in [2.05, 4.69) is 15.9 Å². The second-order valence-corrected chi connectivity index (χ2v) is 5.89. The van der Waals surface area contributed by atoms with Crippen LogP contribution in [0.1, 0.15) is 26.3 Å². The molecule has 3 nitrogen and oxygen atoms in total. The first-order valence-corrected chi connectivity index (χ1v) is 6.30. The van der Waals surface area contributed by atoms with Crippen molar-refractivity contribution in [3.05, 3.63) is 34.3 Å². The lowest BCUT2D eigenvalue weighted by Crippen LogP contribution is -2.38. The molecular formula is C13H18BrNO2. The minimum atomic E-state index is -0.615. The molecule has 0 aliphatic heterocycles. The summed E-state index contributed by atoms with van der Waals surface area (Å²) in [6.07, 6.45) is 0.488. The molecule has 0 saturated carbocycles. The van der Waals surface area contributed by atoms with Crippen LogP contribution in [-0.2, 0) is 16.0 Å². The Morgan fingerprint density at radius 2 is 1.88 bits per heavy atom. The van der Waals surface area contributed by atoms with Crippen LogP contribution in [0.3, 0.4) is 0 Å². The molecule has 0 bridgehead atoms. The lowest BCUT2D eigenvalue weighted by molar-refractivity contribution is -0.156. The second kappa shape index (κ2) is 5.65. The fraction of sp³-hybridized carbons (Fsp3) is 0.462. The second-order valence-electron chi connectivity index (χ2n) is 4.97. The van der Waals surface area contributed by atoms with Gasteiger partial charge in [-0.3, -0.25) is 4.79 Å². The molecule has 17 heavy (non-hydrogen) atoms. The van der Waals surface area contributed by atoms with Crippen LogP contribution in [0.15, 0.2) is 28.7 Å². The third kappa shape index (κ3) is 5.33. The predicted molar refractivity (Wildman–Crippen MR) is 71.7 cm³/mol. The minimum absolute atomic E-state index is 0.361. The highest BCUT2D eigenvalue weighted by atomic mass is 79.9. The van der Waals surface area contributed by atoms with E-state index in [1.54, 1.807) is 0 Å². The molecule has 0 fully saturated rings. The van der Waals surface area contributed by atoms with Crippen molar-refractivity contribution >= 4 is 21.9 Å². The predicted octanol–water partition coefficient (Wildman–Crippen LogP) is 2.66. The fourth-order valence-corrected chi connectivity index (χ4v) is 1.60. The van der Waals surface area contributed by atoms with E-state index in [-0.39, 0.29) is 5.97 Å². The van der Waals surface area contributed by atoms with Crippen molar-refractivity contribution in [2.75, 3.05) is 0 Å². The van der Waals surface area contributed by atoms with E-state index in [1.807, 2.05) is 45.0 Å². The molecule has 0 radical (unpaired) electrons. The van der Waals surface area contributed by atoms with Gasteiger partial charge >= 0.3 is 5.97 Å². The number of nitrogens with two attached hydrogens (primary N) is 1. The maximum Gasteiger partial charge on any atom is 0.323 e. The topological polar surface area (TPSA) is 52.3 Å². The van der Waals surface area contributed by atoms with Gasteiger partial charge in [0.25, 0.3) is 0 Å². The molecule has 1 rings (SSSR count). The van der Waals surface area contributed by atoms with Gasteiger partial charge in [0.05, 0.1) is 0 Å². The molecule has 0 saturated heterocycles. The van der Waals surface area contributed by atoms with Crippen molar-refractivity contribution in [2.45, 2.75) is 38.8 Å². The Hall–Kier alpha value is -0.870. The number of halogens is 1. The molecule has 0 aromatic heterocycles. The lowest BCUT2D eigenvalue weighted by Gasteiger charge is -2.22. The number of esters is 1. The molecule has 2 N–H and O–H groups in total. The summed E-state index contributed by atoms with van der Waals surface area (Å²) < 4.78 is 6.23. The van der Waals surface area contributed by atoms with Crippen molar-refractivity contribution in [3.63, 3.8) is 0 Å². The van der Waals surface area contributed by atoms with E-state index in [0.29, 0.717) is 6.42 Å². The quantitative estimate of drug-likeness (QED) is 0.873. The van der Waals surface area contributed by atoms with Gasteiger partial charge in [0.1, 0.15) is 11.6 Å². The largest absolute Gasteiger partial charge is 0.459 e. The number of carbonyl (C=O) groups excluding carboxylic acids is 1. The van der Waals surface area contributed by atoms with Crippen LogP contribution < -0.4 is 5.73 Å². The van der Waals surface area contributed by atoms with E-state index in [9.17, 15) is 4.79 Å². The highest BCUT2D eigenvalue weighted by Crippen LogP contribution is 2.13. The number of ether oxygens (including phenoxy) is 1. The maximum absolute atomic E-state index is 11.7. The van der Waals surface area contributed by atoms with E-state index in [0.717, 1.165) is 10.0 Å². The standard InChI is InChI=1S/C13H18BrNO2/c1-13(2,3)17-12(16)11(15)8-9-4-6-10(14)7-5-9/h4-7,11H,8,15H2,1-3H3/t11-/m0/s1. The number of hydrogen-bond acceptors (Lipinski definition) is 3. The molecule has 1 aromatic carbocycles. The zero-order valence-corrected chi connectivity index (χ0v) is 12.0. The van der Waals surface area contributed by atoms with Crippen molar-refractivity contribution in [1.29, 1.82) is 0 Å². The van der Waals surface area contributed by atoms with Gasteiger partial charge in [-0.2, -0.15) is 0 Å². The molecule has 94 valence electrons. The Kier molecular flexibility index (Phi) is 4.71. The van der Waals surface area contributed by atoms with Gasteiger partial charge in [-0.05, 0) is 44.9 Å². The molecule has 1 atom stereocenters. The maximum atomic E-state index is 11.7.